The van der Waals surface area contributed by atoms with E-state index in [0.717, 1.165) is 12.0 Å². The molecule has 0 bridgehead atoms. The summed E-state index contributed by atoms with van der Waals surface area (Å²) in [5.74, 6) is 0.0671. The third kappa shape index (κ3) is 3.95. The molecule has 1 amide bonds. The van der Waals surface area contributed by atoms with E-state index in [-0.39, 0.29) is 5.91 Å². The van der Waals surface area contributed by atoms with E-state index in [1.54, 1.807) is 0 Å². The molecule has 0 fully saturated rings. The summed E-state index contributed by atoms with van der Waals surface area (Å²) in [6.07, 6.45) is 1.47. The van der Waals surface area contributed by atoms with Crippen molar-refractivity contribution in [1.29, 1.82) is 0 Å². The number of benzene rings is 2. The molecular weight excluding hydrogens is 246 g/mol. The van der Waals surface area contributed by atoms with Gasteiger partial charge in [-0.05, 0) is 35.6 Å². The molecule has 0 aliphatic carbocycles. The third-order valence-corrected chi connectivity index (χ3v) is 3.53. The lowest BCUT2D eigenvalue weighted by Gasteiger charge is -2.08. The van der Waals surface area contributed by atoms with Crippen LogP contribution in [0.15, 0.2) is 48.5 Å². The highest BCUT2D eigenvalue weighted by Gasteiger charge is 2.04. The van der Waals surface area contributed by atoms with Crippen LogP contribution in [0.5, 0.6) is 0 Å². The summed E-state index contributed by atoms with van der Waals surface area (Å²) in [7, 11) is 0. The van der Waals surface area contributed by atoms with E-state index < -0.39 is 0 Å². The Hall–Kier alpha value is -2.09. The van der Waals surface area contributed by atoms with E-state index in [0.29, 0.717) is 13.0 Å². The van der Waals surface area contributed by atoms with Crippen LogP contribution in [-0.2, 0) is 24.2 Å². The second kappa shape index (κ2) is 6.90. The maximum atomic E-state index is 11.9. The van der Waals surface area contributed by atoms with Crippen LogP contribution in [0.4, 0.5) is 0 Å². The Morgan fingerprint density at radius 1 is 1.00 bits per heavy atom. The summed E-state index contributed by atoms with van der Waals surface area (Å²) in [4.78, 5) is 11.9. The predicted octanol–water partition coefficient (Wildman–Crippen LogP) is 3.42. The van der Waals surface area contributed by atoms with Crippen LogP contribution < -0.4 is 5.32 Å². The quantitative estimate of drug-likeness (QED) is 0.883. The van der Waals surface area contributed by atoms with Crippen molar-refractivity contribution in [3.63, 3.8) is 0 Å². The standard InChI is InChI=1S/C18H21NO/c1-3-15-8-10-16(11-9-15)12-18(20)19-13-17-7-5-4-6-14(17)2/h4-11H,3,12-13H2,1-2H3,(H,19,20). The van der Waals surface area contributed by atoms with Crippen molar-refractivity contribution in [3.05, 3.63) is 70.8 Å². The van der Waals surface area contributed by atoms with Gasteiger partial charge in [-0.3, -0.25) is 4.79 Å². The zero-order valence-electron chi connectivity index (χ0n) is 12.1. The van der Waals surface area contributed by atoms with Crippen molar-refractivity contribution in [2.24, 2.45) is 0 Å². The molecular formula is C18H21NO. The molecule has 2 aromatic rings. The van der Waals surface area contributed by atoms with Gasteiger partial charge < -0.3 is 5.32 Å². The molecule has 0 aliphatic heterocycles. The molecule has 0 unspecified atom stereocenters. The van der Waals surface area contributed by atoms with Gasteiger partial charge in [0.25, 0.3) is 0 Å². The van der Waals surface area contributed by atoms with E-state index >= 15 is 0 Å². The molecule has 2 rings (SSSR count). The number of hydrogen-bond acceptors (Lipinski definition) is 1. The molecule has 0 spiro atoms. The smallest absolute Gasteiger partial charge is 0.224 e. The number of hydrogen-bond donors (Lipinski definition) is 1. The molecule has 0 aliphatic rings. The van der Waals surface area contributed by atoms with E-state index in [9.17, 15) is 4.79 Å². The molecule has 0 saturated heterocycles. The molecule has 2 nitrogen and oxygen atoms in total. The van der Waals surface area contributed by atoms with E-state index in [1.807, 2.05) is 30.3 Å². The summed E-state index contributed by atoms with van der Waals surface area (Å²) in [6, 6.07) is 16.4. The van der Waals surface area contributed by atoms with Crippen LogP contribution in [0.2, 0.25) is 0 Å². The molecule has 104 valence electrons. The van der Waals surface area contributed by atoms with Crippen LogP contribution in [0, 0.1) is 6.92 Å². The summed E-state index contributed by atoms with van der Waals surface area (Å²) >= 11 is 0. The Morgan fingerprint density at radius 2 is 1.65 bits per heavy atom. The largest absolute Gasteiger partial charge is 0.352 e. The van der Waals surface area contributed by atoms with Crippen molar-refractivity contribution >= 4 is 5.91 Å². The Morgan fingerprint density at radius 3 is 2.30 bits per heavy atom. The van der Waals surface area contributed by atoms with Gasteiger partial charge in [-0.25, -0.2) is 0 Å². The predicted molar refractivity (Wildman–Crippen MR) is 82.5 cm³/mol. The fourth-order valence-electron chi connectivity index (χ4n) is 2.14. The number of amides is 1. The molecule has 0 saturated carbocycles. The van der Waals surface area contributed by atoms with E-state index in [4.69, 9.17) is 0 Å². The van der Waals surface area contributed by atoms with Crippen LogP contribution in [0.25, 0.3) is 0 Å². The minimum absolute atomic E-state index is 0.0671. The first kappa shape index (κ1) is 14.3. The lowest BCUT2D eigenvalue weighted by Crippen LogP contribution is -2.24. The first-order valence-electron chi connectivity index (χ1n) is 7.08. The van der Waals surface area contributed by atoms with Crippen molar-refractivity contribution in [1.82, 2.24) is 5.32 Å². The van der Waals surface area contributed by atoms with Crippen LogP contribution in [0.1, 0.15) is 29.2 Å². The van der Waals surface area contributed by atoms with Gasteiger partial charge in [-0.15, -0.1) is 0 Å². The number of carbonyl (C=O) groups excluding carboxylic acids is 1. The number of nitrogens with one attached hydrogen (secondary N) is 1. The molecule has 2 heteroatoms. The average molecular weight is 267 g/mol. The summed E-state index contributed by atoms with van der Waals surface area (Å²) < 4.78 is 0. The summed E-state index contributed by atoms with van der Waals surface area (Å²) in [6.45, 7) is 4.79. The fourth-order valence-corrected chi connectivity index (χ4v) is 2.14. The first-order chi connectivity index (χ1) is 9.69. The van der Waals surface area contributed by atoms with Crippen LogP contribution in [-0.4, -0.2) is 5.91 Å². The lowest BCUT2D eigenvalue weighted by molar-refractivity contribution is -0.120. The third-order valence-electron chi connectivity index (χ3n) is 3.53. The minimum Gasteiger partial charge on any atom is -0.352 e. The van der Waals surface area contributed by atoms with Gasteiger partial charge in [0.2, 0.25) is 5.91 Å². The normalized spacial score (nSPS) is 10.3. The first-order valence-corrected chi connectivity index (χ1v) is 7.08. The van der Waals surface area contributed by atoms with Crippen LogP contribution >= 0.6 is 0 Å². The Balaban J connectivity index is 1.87. The molecule has 1 N–H and O–H groups in total. The van der Waals surface area contributed by atoms with Gasteiger partial charge >= 0.3 is 0 Å². The topological polar surface area (TPSA) is 29.1 Å². The van der Waals surface area contributed by atoms with Gasteiger partial charge in [-0.2, -0.15) is 0 Å². The van der Waals surface area contributed by atoms with Gasteiger partial charge in [-0.1, -0.05) is 55.5 Å². The zero-order valence-corrected chi connectivity index (χ0v) is 12.1. The van der Waals surface area contributed by atoms with Crippen molar-refractivity contribution in [3.8, 4) is 0 Å². The second-order valence-corrected chi connectivity index (χ2v) is 5.05. The van der Waals surface area contributed by atoms with Gasteiger partial charge in [0, 0.05) is 6.54 Å². The minimum atomic E-state index is 0.0671. The Labute approximate surface area is 120 Å². The lowest BCUT2D eigenvalue weighted by atomic mass is 10.1. The van der Waals surface area contributed by atoms with Gasteiger partial charge in [0.05, 0.1) is 6.42 Å². The maximum Gasteiger partial charge on any atom is 0.224 e. The number of rotatable bonds is 5. The van der Waals surface area contributed by atoms with Crippen molar-refractivity contribution in [2.75, 3.05) is 0 Å². The molecule has 0 aromatic heterocycles. The highest BCUT2D eigenvalue weighted by molar-refractivity contribution is 5.78. The summed E-state index contributed by atoms with van der Waals surface area (Å²) in [5.41, 5.74) is 4.74. The molecule has 20 heavy (non-hydrogen) atoms. The second-order valence-electron chi connectivity index (χ2n) is 5.05. The molecule has 2 aromatic carbocycles. The SMILES string of the molecule is CCc1ccc(CC(=O)NCc2ccccc2C)cc1. The number of aryl methyl sites for hydroxylation is 2. The van der Waals surface area contributed by atoms with E-state index in [1.165, 1.54) is 16.7 Å². The number of carbonyl (C=O) groups is 1. The molecule has 0 atom stereocenters. The molecule has 0 heterocycles. The van der Waals surface area contributed by atoms with Gasteiger partial charge in [0.1, 0.15) is 0 Å². The van der Waals surface area contributed by atoms with E-state index in [2.05, 4.69) is 37.4 Å². The summed E-state index contributed by atoms with van der Waals surface area (Å²) in [5, 5.41) is 2.98. The monoisotopic (exact) mass is 267 g/mol. The van der Waals surface area contributed by atoms with Gasteiger partial charge in [0.15, 0.2) is 0 Å². The Bertz CT molecular complexity index is 572. The maximum absolute atomic E-state index is 11.9. The van der Waals surface area contributed by atoms with Crippen LogP contribution in [0.3, 0.4) is 0 Å². The fraction of sp³-hybridized carbons (Fsp3) is 0.278. The molecule has 0 radical (unpaired) electrons. The van der Waals surface area contributed by atoms with Crippen molar-refractivity contribution in [2.45, 2.75) is 33.2 Å². The highest BCUT2D eigenvalue weighted by atomic mass is 16.1. The average Bonchev–Trinajstić information content (AvgIpc) is 2.47. The Kier molecular flexibility index (Phi) is 4.94. The zero-order chi connectivity index (χ0) is 14.4. The van der Waals surface area contributed by atoms with Crippen molar-refractivity contribution < 1.29 is 4.79 Å². The highest BCUT2D eigenvalue weighted by Crippen LogP contribution is 2.08.